The lowest BCUT2D eigenvalue weighted by molar-refractivity contribution is 0.239. The van der Waals surface area contributed by atoms with Crippen molar-refractivity contribution in [2.24, 2.45) is 5.92 Å². The number of nitrogens with zero attached hydrogens (tertiary/aromatic N) is 3. The van der Waals surface area contributed by atoms with Gasteiger partial charge in [-0.1, -0.05) is 58.0 Å². The molecule has 196 valence electrons. The van der Waals surface area contributed by atoms with Crippen LogP contribution in [-0.4, -0.2) is 66.5 Å². The summed E-state index contributed by atoms with van der Waals surface area (Å²) in [5.74, 6) is 1.22. The standard InChI is InChI=1S/C24H41N7O3S/c1-5-31(6-2)15-10-16-35(33,34)30-21(14-13-20-11-8-7-9-12-20)23-27-22(28-29-23)18-26-24(32)25-17-19(3)4/h7-9,11-12,19,21,30H,5-6,10,13-18H2,1-4H3,(H2,25,26,32)(H,27,28,29)/t21-/m1/s1. The molecule has 1 aromatic carbocycles. The van der Waals surface area contributed by atoms with E-state index in [9.17, 15) is 13.2 Å². The minimum absolute atomic E-state index is 0.0419. The van der Waals surface area contributed by atoms with Crippen LogP contribution in [0.1, 0.15) is 63.8 Å². The van der Waals surface area contributed by atoms with Crippen molar-refractivity contribution >= 4 is 16.1 Å². The van der Waals surface area contributed by atoms with Crippen LogP contribution in [0.3, 0.4) is 0 Å². The quantitative estimate of drug-likeness (QED) is 0.276. The lowest BCUT2D eigenvalue weighted by atomic mass is 10.1. The third-order valence-electron chi connectivity index (χ3n) is 5.62. The van der Waals surface area contributed by atoms with E-state index in [1.165, 1.54) is 0 Å². The van der Waals surface area contributed by atoms with Gasteiger partial charge in [-0.2, -0.15) is 5.10 Å². The van der Waals surface area contributed by atoms with Gasteiger partial charge < -0.3 is 15.5 Å². The minimum Gasteiger partial charge on any atom is -0.338 e. The Hall–Kier alpha value is -2.50. The number of nitrogens with one attached hydrogen (secondary N) is 4. The number of benzene rings is 1. The second-order valence-electron chi connectivity index (χ2n) is 8.99. The molecule has 10 nitrogen and oxygen atoms in total. The molecule has 0 radical (unpaired) electrons. The second-order valence-corrected chi connectivity index (χ2v) is 10.9. The average molecular weight is 508 g/mol. The molecule has 0 aliphatic rings. The van der Waals surface area contributed by atoms with Crippen LogP contribution in [0.15, 0.2) is 30.3 Å². The number of rotatable bonds is 16. The summed E-state index contributed by atoms with van der Waals surface area (Å²) >= 11 is 0. The summed E-state index contributed by atoms with van der Waals surface area (Å²) in [6.07, 6.45) is 1.74. The largest absolute Gasteiger partial charge is 0.338 e. The summed E-state index contributed by atoms with van der Waals surface area (Å²) in [6, 6.07) is 9.04. The van der Waals surface area contributed by atoms with Crippen LogP contribution in [0.2, 0.25) is 0 Å². The predicted molar refractivity (Wildman–Crippen MR) is 138 cm³/mol. The summed E-state index contributed by atoms with van der Waals surface area (Å²) in [5, 5.41) is 12.6. The van der Waals surface area contributed by atoms with Crippen molar-refractivity contribution in [3.63, 3.8) is 0 Å². The number of hydrogen-bond donors (Lipinski definition) is 4. The van der Waals surface area contributed by atoms with Crippen molar-refractivity contribution in [1.82, 2.24) is 35.4 Å². The first-order valence-corrected chi connectivity index (χ1v) is 14.1. The summed E-state index contributed by atoms with van der Waals surface area (Å²) in [4.78, 5) is 18.6. The smallest absolute Gasteiger partial charge is 0.315 e. The Morgan fingerprint density at radius 3 is 2.49 bits per heavy atom. The molecule has 0 aliphatic heterocycles. The van der Waals surface area contributed by atoms with Crippen LogP contribution in [-0.2, 0) is 23.0 Å². The molecule has 1 heterocycles. The van der Waals surface area contributed by atoms with E-state index in [2.05, 4.69) is 49.3 Å². The highest BCUT2D eigenvalue weighted by molar-refractivity contribution is 7.89. The van der Waals surface area contributed by atoms with E-state index in [0.717, 1.165) is 25.2 Å². The van der Waals surface area contributed by atoms with E-state index in [1.54, 1.807) is 0 Å². The van der Waals surface area contributed by atoms with E-state index in [1.807, 2.05) is 44.2 Å². The maximum atomic E-state index is 12.9. The van der Waals surface area contributed by atoms with E-state index in [-0.39, 0.29) is 18.3 Å². The van der Waals surface area contributed by atoms with Crippen LogP contribution in [0.25, 0.3) is 0 Å². The maximum Gasteiger partial charge on any atom is 0.315 e. The number of hydrogen-bond acceptors (Lipinski definition) is 6. The number of aryl methyl sites for hydroxylation is 1. The third-order valence-corrected chi connectivity index (χ3v) is 7.09. The number of amides is 2. The molecule has 1 atom stereocenters. The molecule has 0 unspecified atom stereocenters. The van der Waals surface area contributed by atoms with Gasteiger partial charge in [-0.3, -0.25) is 5.10 Å². The Labute approximate surface area is 209 Å². The fourth-order valence-electron chi connectivity index (χ4n) is 3.56. The molecule has 0 saturated carbocycles. The summed E-state index contributed by atoms with van der Waals surface area (Å²) in [5.41, 5.74) is 1.11. The Morgan fingerprint density at radius 1 is 1.11 bits per heavy atom. The number of H-pyrrole nitrogens is 1. The fraction of sp³-hybridized carbons (Fsp3) is 0.625. The van der Waals surface area contributed by atoms with Crippen molar-refractivity contribution in [2.45, 2.75) is 59.5 Å². The highest BCUT2D eigenvalue weighted by Crippen LogP contribution is 2.18. The Bertz CT molecular complexity index is 976. The van der Waals surface area contributed by atoms with Crippen molar-refractivity contribution in [1.29, 1.82) is 0 Å². The lowest BCUT2D eigenvalue weighted by Gasteiger charge is -2.19. The SMILES string of the molecule is CCN(CC)CCCS(=O)(=O)N[C@H](CCc1ccccc1)c1n[nH]c(CNC(=O)NCC(C)C)n1. The van der Waals surface area contributed by atoms with Crippen LogP contribution in [0.5, 0.6) is 0 Å². The number of aromatic nitrogens is 3. The summed E-state index contributed by atoms with van der Waals surface area (Å²) in [6.45, 7) is 11.4. The van der Waals surface area contributed by atoms with Gasteiger partial charge in [0.15, 0.2) is 5.82 Å². The molecule has 4 N–H and O–H groups in total. The summed E-state index contributed by atoms with van der Waals surface area (Å²) < 4.78 is 28.6. The number of carbonyl (C=O) groups is 1. The molecule has 2 amide bonds. The molecular weight excluding hydrogens is 466 g/mol. The Kier molecular flexibility index (Phi) is 12.1. The van der Waals surface area contributed by atoms with Crippen LogP contribution in [0.4, 0.5) is 4.79 Å². The van der Waals surface area contributed by atoms with Gasteiger partial charge in [0, 0.05) is 6.54 Å². The van der Waals surface area contributed by atoms with E-state index in [0.29, 0.717) is 43.4 Å². The second kappa shape index (κ2) is 14.8. The fourth-order valence-corrected chi connectivity index (χ4v) is 4.84. The van der Waals surface area contributed by atoms with Crippen LogP contribution in [0, 0.1) is 5.92 Å². The molecule has 0 saturated heterocycles. The summed E-state index contributed by atoms with van der Waals surface area (Å²) in [7, 11) is -3.53. The van der Waals surface area contributed by atoms with Gasteiger partial charge in [-0.15, -0.1) is 0 Å². The normalized spacial score (nSPS) is 12.7. The van der Waals surface area contributed by atoms with Crippen molar-refractivity contribution < 1.29 is 13.2 Å². The third kappa shape index (κ3) is 11.2. The molecular formula is C24H41N7O3S. The molecule has 11 heteroatoms. The van der Waals surface area contributed by atoms with E-state index >= 15 is 0 Å². The Balaban J connectivity index is 2.03. The van der Waals surface area contributed by atoms with Gasteiger partial charge in [0.05, 0.1) is 18.3 Å². The zero-order valence-corrected chi connectivity index (χ0v) is 22.2. The van der Waals surface area contributed by atoms with Crippen LogP contribution < -0.4 is 15.4 Å². The molecule has 0 spiro atoms. The van der Waals surface area contributed by atoms with Gasteiger partial charge in [0.1, 0.15) is 5.82 Å². The first-order chi connectivity index (χ1) is 16.7. The highest BCUT2D eigenvalue weighted by atomic mass is 32.2. The van der Waals surface area contributed by atoms with Gasteiger partial charge in [-0.05, 0) is 50.4 Å². The number of sulfonamides is 1. The molecule has 0 bridgehead atoms. The highest BCUT2D eigenvalue weighted by Gasteiger charge is 2.23. The molecule has 1 aromatic heterocycles. The molecule has 0 aliphatic carbocycles. The Morgan fingerprint density at radius 2 is 1.83 bits per heavy atom. The van der Waals surface area contributed by atoms with Gasteiger partial charge in [0.25, 0.3) is 0 Å². The van der Waals surface area contributed by atoms with Crippen molar-refractivity contribution in [2.75, 3.05) is 31.9 Å². The lowest BCUT2D eigenvalue weighted by Crippen LogP contribution is -2.37. The number of urea groups is 1. The maximum absolute atomic E-state index is 12.9. The van der Waals surface area contributed by atoms with Gasteiger partial charge in [0.2, 0.25) is 10.0 Å². The predicted octanol–water partition coefficient (Wildman–Crippen LogP) is 2.59. The molecule has 35 heavy (non-hydrogen) atoms. The number of carbonyl (C=O) groups excluding carboxylic acids is 1. The van der Waals surface area contributed by atoms with Crippen molar-refractivity contribution in [3.05, 3.63) is 47.5 Å². The first kappa shape index (κ1) is 28.7. The topological polar surface area (TPSA) is 132 Å². The van der Waals surface area contributed by atoms with Crippen molar-refractivity contribution in [3.8, 4) is 0 Å². The monoisotopic (exact) mass is 507 g/mol. The molecule has 0 fully saturated rings. The zero-order valence-electron chi connectivity index (χ0n) is 21.4. The minimum atomic E-state index is -3.53. The molecule has 2 rings (SSSR count). The van der Waals surface area contributed by atoms with Crippen LogP contribution >= 0.6 is 0 Å². The first-order valence-electron chi connectivity index (χ1n) is 12.4. The number of aromatic amines is 1. The van der Waals surface area contributed by atoms with Gasteiger partial charge >= 0.3 is 6.03 Å². The zero-order chi connectivity index (χ0) is 25.7. The van der Waals surface area contributed by atoms with E-state index < -0.39 is 16.1 Å². The molecule has 2 aromatic rings. The average Bonchev–Trinajstić information content (AvgIpc) is 3.31. The van der Waals surface area contributed by atoms with Gasteiger partial charge in [-0.25, -0.2) is 22.9 Å². The van der Waals surface area contributed by atoms with E-state index in [4.69, 9.17) is 0 Å².